The van der Waals surface area contributed by atoms with Gasteiger partial charge in [-0.2, -0.15) is 0 Å². The third-order valence-electron chi connectivity index (χ3n) is 2.97. The van der Waals surface area contributed by atoms with E-state index in [1.54, 1.807) is 20.8 Å². The minimum atomic E-state index is -0.657. The number of ether oxygens (including phenoxy) is 2. The lowest BCUT2D eigenvalue weighted by atomic mass is 10.1. The van der Waals surface area contributed by atoms with Crippen LogP contribution in [0.2, 0.25) is 0 Å². The maximum atomic E-state index is 12.2. The van der Waals surface area contributed by atoms with Crippen molar-refractivity contribution in [2.75, 3.05) is 13.2 Å². The van der Waals surface area contributed by atoms with Gasteiger partial charge in [0.15, 0.2) is 6.61 Å². The number of aryl methyl sites for hydroxylation is 1. The topological polar surface area (TPSA) is 97.5 Å². The molecular weight excluding hydrogens is 300 g/mol. The lowest BCUT2D eigenvalue weighted by Gasteiger charge is -2.20. The van der Waals surface area contributed by atoms with Gasteiger partial charge in [0.2, 0.25) is 0 Å². The second-order valence-corrected chi connectivity index (χ2v) is 6.22. The van der Waals surface area contributed by atoms with Gasteiger partial charge in [0.1, 0.15) is 5.69 Å². The number of carbonyl (C=O) groups excluding carboxylic acids is 3. The normalized spacial score (nSPS) is 11.0. The lowest BCUT2D eigenvalue weighted by molar-refractivity contribution is -0.125. The molecule has 0 bridgehead atoms. The molecule has 128 valence electrons. The third-order valence-corrected chi connectivity index (χ3v) is 2.97. The summed E-state index contributed by atoms with van der Waals surface area (Å²) in [7, 11) is 0. The summed E-state index contributed by atoms with van der Waals surface area (Å²) in [5, 5.41) is 2.70. The predicted octanol–water partition coefficient (Wildman–Crippen LogP) is 1.88. The Hall–Kier alpha value is -2.31. The standard InChI is InChI=1S/C16H24N2O5/c1-7-22-15(21)13-9(2)12(10(3)17-13)14(20)23-8-11(19)18-16(4,5)6/h17H,7-8H2,1-6H3,(H,18,19). The number of amides is 1. The molecule has 7 nitrogen and oxygen atoms in total. The van der Waals surface area contributed by atoms with Crippen molar-refractivity contribution in [3.8, 4) is 0 Å². The zero-order valence-electron chi connectivity index (χ0n) is 14.5. The first-order valence-electron chi connectivity index (χ1n) is 7.41. The molecule has 2 N–H and O–H groups in total. The Morgan fingerprint density at radius 3 is 2.22 bits per heavy atom. The van der Waals surface area contributed by atoms with Gasteiger partial charge in [-0.05, 0) is 47.1 Å². The molecule has 0 saturated heterocycles. The number of H-pyrrole nitrogens is 1. The number of rotatable bonds is 5. The van der Waals surface area contributed by atoms with Crippen LogP contribution >= 0.6 is 0 Å². The van der Waals surface area contributed by atoms with E-state index in [1.807, 2.05) is 20.8 Å². The van der Waals surface area contributed by atoms with E-state index >= 15 is 0 Å². The van der Waals surface area contributed by atoms with Gasteiger partial charge in [-0.25, -0.2) is 9.59 Å². The smallest absolute Gasteiger partial charge is 0.355 e. The monoisotopic (exact) mass is 324 g/mol. The number of hydrogen-bond acceptors (Lipinski definition) is 5. The zero-order valence-corrected chi connectivity index (χ0v) is 14.5. The summed E-state index contributed by atoms with van der Waals surface area (Å²) in [6.07, 6.45) is 0. The van der Waals surface area contributed by atoms with Crippen LogP contribution in [0.3, 0.4) is 0 Å². The summed E-state index contributed by atoms with van der Waals surface area (Å²) >= 11 is 0. The Morgan fingerprint density at radius 2 is 1.70 bits per heavy atom. The Balaban J connectivity index is 2.81. The Kier molecular flexibility index (Phi) is 5.95. The van der Waals surface area contributed by atoms with Crippen molar-refractivity contribution in [3.05, 3.63) is 22.5 Å². The maximum absolute atomic E-state index is 12.2. The van der Waals surface area contributed by atoms with Crippen LogP contribution in [0, 0.1) is 13.8 Å². The van der Waals surface area contributed by atoms with Crippen LogP contribution in [-0.2, 0) is 14.3 Å². The fraction of sp³-hybridized carbons (Fsp3) is 0.562. The van der Waals surface area contributed by atoms with Crippen LogP contribution in [0.15, 0.2) is 0 Å². The summed E-state index contributed by atoms with van der Waals surface area (Å²) in [4.78, 5) is 38.5. The highest BCUT2D eigenvalue weighted by Crippen LogP contribution is 2.19. The first-order valence-corrected chi connectivity index (χ1v) is 7.41. The van der Waals surface area contributed by atoms with Gasteiger partial charge in [-0.15, -0.1) is 0 Å². The van der Waals surface area contributed by atoms with E-state index in [-0.39, 0.29) is 30.4 Å². The molecule has 1 heterocycles. The van der Waals surface area contributed by atoms with Gasteiger partial charge in [-0.3, -0.25) is 4.79 Å². The molecule has 0 unspecified atom stereocenters. The number of aromatic nitrogens is 1. The zero-order chi connectivity index (χ0) is 17.8. The van der Waals surface area contributed by atoms with E-state index < -0.39 is 17.5 Å². The molecule has 0 aliphatic carbocycles. The number of carbonyl (C=O) groups is 3. The summed E-state index contributed by atoms with van der Waals surface area (Å²) in [6, 6.07) is 0. The number of nitrogens with one attached hydrogen (secondary N) is 2. The molecular formula is C16H24N2O5. The van der Waals surface area contributed by atoms with Crippen LogP contribution in [0.25, 0.3) is 0 Å². The number of hydrogen-bond donors (Lipinski definition) is 2. The van der Waals surface area contributed by atoms with Crippen LogP contribution in [0.1, 0.15) is 59.8 Å². The van der Waals surface area contributed by atoms with Gasteiger partial charge in [0.05, 0.1) is 12.2 Å². The number of esters is 2. The average Bonchev–Trinajstić information content (AvgIpc) is 2.70. The summed E-state index contributed by atoms with van der Waals surface area (Å²) in [6.45, 7) is 10.3. The fourth-order valence-electron chi connectivity index (χ4n) is 2.12. The highest BCUT2D eigenvalue weighted by atomic mass is 16.5. The molecule has 7 heteroatoms. The molecule has 1 rings (SSSR count). The van der Waals surface area contributed by atoms with Gasteiger partial charge < -0.3 is 19.8 Å². The minimum absolute atomic E-state index is 0.218. The molecule has 0 fully saturated rings. The average molecular weight is 324 g/mol. The van der Waals surface area contributed by atoms with Crippen molar-refractivity contribution in [1.82, 2.24) is 10.3 Å². The molecule has 1 aromatic rings. The van der Waals surface area contributed by atoms with Crippen LogP contribution < -0.4 is 5.32 Å². The highest BCUT2D eigenvalue weighted by molar-refractivity contribution is 5.99. The van der Waals surface area contributed by atoms with E-state index in [0.29, 0.717) is 11.3 Å². The molecule has 0 aliphatic rings. The fourth-order valence-corrected chi connectivity index (χ4v) is 2.12. The van der Waals surface area contributed by atoms with E-state index in [9.17, 15) is 14.4 Å². The molecule has 0 aliphatic heterocycles. The van der Waals surface area contributed by atoms with Crippen LogP contribution in [0.5, 0.6) is 0 Å². The van der Waals surface area contributed by atoms with Crippen molar-refractivity contribution < 1.29 is 23.9 Å². The third kappa shape index (κ3) is 5.12. The molecule has 0 aromatic carbocycles. The molecule has 0 saturated carbocycles. The summed E-state index contributed by atoms with van der Waals surface area (Å²) < 4.78 is 9.95. The van der Waals surface area contributed by atoms with Gasteiger partial charge in [-0.1, -0.05) is 0 Å². The molecule has 23 heavy (non-hydrogen) atoms. The van der Waals surface area contributed by atoms with E-state index in [2.05, 4.69) is 10.3 Å². The molecule has 1 amide bonds. The van der Waals surface area contributed by atoms with Crippen molar-refractivity contribution in [1.29, 1.82) is 0 Å². The van der Waals surface area contributed by atoms with E-state index in [0.717, 1.165) is 0 Å². The van der Waals surface area contributed by atoms with Crippen LogP contribution in [0.4, 0.5) is 0 Å². The Morgan fingerprint density at radius 1 is 1.09 bits per heavy atom. The Labute approximate surface area is 135 Å². The maximum Gasteiger partial charge on any atom is 0.355 e. The SMILES string of the molecule is CCOC(=O)c1[nH]c(C)c(C(=O)OCC(=O)NC(C)(C)C)c1C. The van der Waals surface area contributed by atoms with Crippen molar-refractivity contribution in [3.63, 3.8) is 0 Å². The Bertz CT molecular complexity index is 611. The molecule has 0 spiro atoms. The van der Waals surface area contributed by atoms with Crippen molar-refractivity contribution in [2.24, 2.45) is 0 Å². The summed E-state index contributed by atoms with van der Waals surface area (Å²) in [5.41, 5.74) is 1.00. The summed E-state index contributed by atoms with van der Waals surface area (Å²) in [5.74, 6) is -1.57. The van der Waals surface area contributed by atoms with Crippen molar-refractivity contribution in [2.45, 2.75) is 47.1 Å². The molecule has 1 aromatic heterocycles. The highest BCUT2D eigenvalue weighted by Gasteiger charge is 2.24. The van der Waals surface area contributed by atoms with Gasteiger partial charge >= 0.3 is 11.9 Å². The van der Waals surface area contributed by atoms with E-state index in [1.165, 1.54) is 0 Å². The minimum Gasteiger partial charge on any atom is -0.461 e. The predicted molar refractivity (Wildman–Crippen MR) is 84.4 cm³/mol. The van der Waals surface area contributed by atoms with Gasteiger partial charge in [0.25, 0.3) is 5.91 Å². The molecule has 0 atom stereocenters. The van der Waals surface area contributed by atoms with Gasteiger partial charge in [0, 0.05) is 11.2 Å². The van der Waals surface area contributed by atoms with E-state index in [4.69, 9.17) is 9.47 Å². The second-order valence-electron chi connectivity index (χ2n) is 6.22. The number of aromatic amines is 1. The first kappa shape index (κ1) is 18.7. The second kappa shape index (κ2) is 7.30. The first-order chi connectivity index (χ1) is 10.6. The molecule has 0 radical (unpaired) electrons. The largest absolute Gasteiger partial charge is 0.461 e. The van der Waals surface area contributed by atoms with Crippen LogP contribution in [-0.4, -0.2) is 41.6 Å². The van der Waals surface area contributed by atoms with Crippen molar-refractivity contribution >= 4 is 17.8 Å². The quantitative estimate of drug-likeness (QED) is 0.806. The lowest BCUT2D eigenvalue weighted by Crippen LogP contribution is -2.42.